The summed E-state index contributed by atoms with van der Waals surface area (Å²) >= 11 is 0. The first-order valence-corrected chi connectivity index (χ1v) is 6.92. The maximum absolute atomic E-state index is 11.7. The van der Waals surface area contributed by atoms with Crippen molar-refractivity contribution in [2.75, 3.05) is 0 Å². The third-order valence-corrected chi connectivity index (χ3v) is 4.18. The Labute approximate surface area is 113 Å². The zero-order chi connectivity index (χ0) is 14.2. The second-order valence-corrected chi connectivity index (χ2v) is 6.21. The smallest absolute Gasteiger partial charge is 0.322 e. The molecule has 4 atom stereocenters. The van der Waals surface area contributed by atoms with Gasteiger partial charge in [-0.2, -0.15) is 0 Å². The number of carbonyl (C=O) groups is 2. The highest BCUT2D eigenvalue weighted by atomic mass is 16.7. The van der Waals surface area contributed by atoms with E-state index in [2.05, 4.69) is 0 Å². The summed E-state index contributed by atoms with van der Waals surface area (Å²) in [7, 11) is 0. The van der Waals surface area contributed by atoms with Crippen molar-refractivity contribution >= 4 is 11.9 Å². The van der Waals surface area contributed by atoms with Crippen LogP contribution in [0.15, 0.2) is 0 Å². The van der Waals surface area contributed by atoms with E-state index in [9.17, 15) is 9.59 Å². The van der Waals surface area contributed by atoms with Crippen LogP contribution in [0.1, 0.15) is 46.5 Å². The van der Waals surface area contributed by atoms with E-state index < -0.39 is 23.6 Å². The first kappa shape index (κ1) is 14.3. The number of carboxylic acids is 1. The largest absolute Gasteiger partial charge is 0.481 e. The van der Waals surface area contributed by atoms with Crippen molar-refractivity contribution in [3.63, 3.8) is 0 Å². The van der Waals surface area contributed by atoms with Crippen LogP contribution >= 0.6 is 0 Å². The van der Waals surface area contributed by atoms with Gasteiger partial charge in [0, 0.05) is 13.8 Å². The van der Waals surface area contributed by atoms with Gasteiger partial charge in [-0.15, -0.1) is 0 Å². The third-order valence-electron chi connectivity index (χ3n) is 4.18. The monoisotopic (exact) mass is 270 g/mol. The molecule has 0 radical (unpaired) electrons. The molecule has 2 aliphatic rings. The van der Waals surface area contributed by atoms with Crippen LogP contribution in [0.5, 0.6) is 0 Å². The lowest BCUT2D eigenvalue weighted by Crippen LogP contribution is -2.40. The number of ether oxygens (including phenoxy) is 2. The Kier molecular flexibility index (Phi) is 3.85. The van der Waals surface area contributed by atoms with Gasteiger partial charge >= 0.3 is 11.9 Å². The Hall–Kier alpha value is -1.10. The van der Waals surface area contributed by atoms with E-state index in [4.69, 9.17) is 14.6 Å². The molecule has 1 N–H and O–H groups in total. The Balaban J connectivity index is 1.88. The highest BCUT2D eigenvalue weighted by Crippen LogP contribution is 2.47. The van der Waals surface area contributed by atoms with Crippen LogP contribution in [0, 0.1) is 17.8 Å². The molecular formula is C14H22O5. The summed E-state index contributed by atoms with van der Waals surface area (Å²) < 4.78 is 11.1. The molecule has 5 nitrogen and oxygen atoms in total. The lowest BCUT2D eigenvalue weighted by atomic mass is 9.97. The lowest BCUT2D eigenvalue weighted by molar-refractivity contribution is -0.241. The predicted molar refractivity (Wildman–Crippen MR) is 67.3 cm³/mol. The predicted octanol–water partition coefficient (Wildman–Crippen LogP) is 2.19. The fourth-order valence-electron chi connectivity index (χ4n) is 3.15. The summed E-state index contributed by atoms with van der Waals surface area (Å²) in [4.78, 5) is 22.4. The van der Waals surface area contributed by atoms with Gasteiger partial charge in [-0.05, 0) is 44.4 Å². The molecule has 0 spiro atoms. The van der Waals surface area contributed by atoms with Crippen molar-refractivity contribution in [1.29, 1.82) is 0 Å². The van der Waals surface area contributed by atoms with Crippen molar-refractivity contribution in [1.82, 2.24) is 0 Å². The first-order valence-electron chi connectivity index (χ1n) is 6.92. The molecule has 2 bridgehead atoms. The molecular weight excluding hydrogens is 248 g/mol. The van der Waals surface area contributed by atoms with Crippen LogP contribution < -0.4 is 0 Å². The van der Waals surface area contributed by atoms with Gasteiger partial charge in [-0.1, -0.05) is 0 Å². The second-order valence-electron chi connectivity index (χ2n) is 6.21. The number of carbonyl (C=O) groups excluding carboxylic acids is 1. The molecule has 2 aliphatic carbocycles. The molecule has 0 amide bonds. The minimum atomic E-state index is -1.18. The van der Waals surface area contributed by atoms with Crippen LogP contribution in [-0.4, -0.2) is 28.9 Å². The normalized spacial score (nSPS) is 31.2. The van der Waals surface area contributed by atoms with E-state index in [1.165, 1.54) is 26.2 Å². The van der Waals surface area contributed by atoms with Crippen molar-refractivity contribution in [2.24, 2.45) is 17.8 Å². The van der Waals surface area contributed by atoms with Crippen LogP contribution in [-0.2, 0) is 19.1 Å². The van der Waals surface area contributed by atoms with Crippen LogP contribution in [0.3, 0.4) is 0 Å². The molecule has 0 saturated heterocycles. The maximum Gasteiger partial charge on any atom is 0.322 e. The van der Waals surface area contributed by atoms with Gasteiger partial charge in [-0.3, -0.25) is 9.59 Å². The summed E-state index contributed by atoms with van der Waals surface area (Å²) in [6, 6.07) is 0. The van der Waals surface area contributed by atoms with Gasteiger partial charge in [0.1, 0.15) is 0 Å². The maximum atomic E-state index is 11.7. The molecule has 2 rings (SSSR count). The van der Waals surface area contributed by atoms with Crippen LogP contribution in [0.2, 0.25) is 0 Å². The number of rotatable bonds is 5. The van der Waals surface area contributed by atoms with Crippen molar-refractivity contribution in [3.8, 4) is 0 Å². The Morgan fingerprint density at radius 2 is 1.95 bits per heavy atom. The van der Waals surface area contributed by atoms with Crippen LogP contribution in [0.25, 0.3) is 0 Å². The Morgan fingerprint density at radius 3 is 2.42 bits per heavy atom. The highest BCUT2D eigenvalue weighted by molar-refractivity contribution is 5.93. The van der Waals surface area contributed by atoms with Gasteiger partial charge in [0.2, 0.25) is 5.79 Å². The fourth-order valence-corrected chi connectivity index (χ4v) is 3.15. The summed E-state index contributed by atoms with van der Waals surface area (Å²) in [5, 5.41) is 8.78. The third kappa shape index (κ3) is 3.26. The molecule has 2 saturated carbocycles. The Bertz CT molecular complexity index is 376. The average molecular weight is 270 g/mol. The summed E-state index contributed by atoms with van der Waals surface area (Å²) in [6.45, 7) is 4.66. The van der Waals surface area contributed by atoms with Gasteiger partial charge in [0.05, 0.1) is 6.10 Å². The zero-order valence-electron chi connectivity index (χ0n) is 11.7. The molecule has 4 unspecified atom stereocenters. The number of fused-ring (bicyclic) bond motifs is 2. The summed E-state index contributed by atoms with van der Waals surface area (Å²) in [5.41, 5.74) is 0. The van der Waals surface area contributed by atoms with E-state index in [1.54, 1.807) is 13.8 Å². The molecule has 0 aromatic heterocycles. The van der Waals surface area contributed by atoms with Gasteiger partial charge in [0.15, 0.2) is 5.92 Å². The minimum absolute atomic E-state index is 0.140. The number of hydrogen-bond donors (Lipinski definition) is 1. The van der Waals surface area contributed by atoms with Crippen molar-refractivity contribution in [2.45, 2.75) is 58.3 Å². The summed E-state index contributed by atoms with van der Waals surface area (Å²) in [5.74, 6) is -2.83. The number of esters is 1. The minimum Gasteiger partial charge on any atom is -0.481 e. The van der Waals surface area contributed by atoms with E-state index in [0.717, 1.165) is 12.3 Å². The molecule has 0 aromatic rings. The van der Waals surface area contributed by atoms with Gasteiger partial charge < -0.3 is 14.6 Å². The molecule has 108 valence electrons. The number of hydrogen-bond acceptors (Lipinski definition) is 4. The molecule has 19 heavy (non-hydrogen) atoms. The standard InChI is InChI=1S/C14H22O5/c1-8(12(15)16)13(17)19-14(2,3)18-11-7-9-4-5-10(11)6-9/h8-11H,4-7H2,1-3H3,(H,15,16). The molecule has 2 fully saturated rings. The molecule has 0 aromatic carbocycles. The van der Waals surface area contributed by atoms with Gasteiger partial charge in [-0.25, -0.2) is 0 Å². The number of aliphatic carboxylic acids is 1. The molecule has 5 heteroatoms. The van der Waals surface area contributed by atoms with Gasteiger partial charge in [0.25, 0.3) is 0 Å². The molecule has 0 aliphatic heterocycles. The van der Waals surface area contributed by atoms with E-state index in [-0.39, 0.29) is 6.10 Å². The Morgan fingerprint density at radius 1 is 1.26 bits per heavy atom. The van der Waals surface area contributed by atoms with E-state index in [0.29, 0.717) is 5.92 Å². The quantitative estimate of drug-likeness (QED) is 0.471. The lowest BCUT2D eigenvalue weighted by Gasteiger charge is -2.33. The van der Waals surface area contributed by atoms with Crippen molar-refractivity contribution < 1.29 is 24.2 Å². The van der Waals surface area contributed by atoms with E-state index in [1.807, 2.05) is 0 Å². The summed E-state index contributed by atoms with van der Waals surface area (Å²) in [6.07, 6.45) is 4.84. The highest BCUT2D eigenvalue weighted by Gasteiger charge is 2.43. The number of carboxylic acid groups (broad SMARTS) is 1. The van der Waals surface area contributed by atoms with E-state index >= 15 is 0 Å². The van der Waals surface area contributed by atoms with Crippen molar-refractivity contribution in [3.05, 3.63) is 0 Å². The SMILES string of the molecule is CC(C(=O)O)C(=O)OC(C)(C)OC1CC2CCC1C2. The first-order chi connectivity index (χ1) is 8.78. The van der Waals surface area contributed by atoms with Crippen LogP contribution in [0.4, 0.5) is 0 Å². The average Bonchev–Trinajstić information content (AvgIpc) is 2.88. The second kappa shape index (κ2) is 5.12. The topological polar surface area (TPSA) is 72.8 Å². The molecule has 0 heterocycles. The zero-order valence-corrected chi connectivity index (χ0v) is 11.7. The fraction of sp³-hybridized carbons (Fsp3) is 0.857.